The molecule has 0 aliphatic rings. The first-order chi connectivity index (χ1) is 7.18. The molecule has 0 N–H and O–H groups in total. The van der Waals surface area contributed by atoms with Crippen molar-refractivity contribution in [2.24, 2.45) is 0 Å². The van der Waals surface area contributed by atoms with E-state index < -0.39 is 6.17 Å². The molecular formula is C12H13FN2. The maximum atomic E-state index is 13.0. The summed E-state index contributed by atoms with van der Waals surface area (Å²) in [5.41, 5.74) is 2.72. The fraction of sp³-hybridized carbons (Fsp3) is 0.250. The molecule has 0 saturated heterocycles. The Kier molecular flexibility index (Phi) is 2.54. The van der Waals surface area contributed by atoms with Gasteiger partial charge in [-0.3, -0.25) is 0 Å². The molecule has 0 bridgehead atoms. The zero-order valence-electron chi connectivity index (χ0n) is 8.81. The normalized spacial score (nSPS) is 12.7. The summed E-state index contributed by atoms with van der Waals surface area (Å²) in [7, 11) is 0. The lowest BCUT2D eigenvalue weighted by Crippen LogP contribution is -1.98. The van der Waals surface area contributed by atoms with Gasteiger partial charge in [0.1, 0.15) is 6.17 Å². The maximum Gasteiger partial charge on any atom is 0.122 e. The van der Waals surface area contributed by atoms with Gasteiger partial charge in [0.2, 0.25) is 0 Å². The van der Waals surface area contributed by atoms with Crippen molar-refractivity contribution in [2.45, 2.75) is 20.0 Å². The Balaban J connectivity index is 2.36. The molecule has 3 heteroatoms. The lowest BCUT2D eigenvalue weighted by Gasteiger charge is -2.06. The monoisotopic (exact) mass is 204 g/mol. The van der Waals surface area contributed by atoms with Gasteiger partial charge in [-0.2, -0.15) is 5.10 Å². The lowest BCUT2D eigenvalue weighted by atomic mass is 10.1. The summed E-state index contributed by atoms with van der Waals surface area (Å²) >= 11 is 0. The third-order valence-corrected chi connectivity index (χ3v) is 2.43. The average Bonchev–Trinajstić information content (AvgIpc) is 2.65. The first-order valence-electron chi connectivity index (χ1n) is 4.93. The SMILES string of the molecule is Cc1ccnn1-c1ccc(C(C)F)cc1. The average molecular weight is 204 g/mol. The van der Waals surface area contributed by atoms with Crippen molar-refractivity contribution in [1.29, 1.82) is 0 Å². The number of halogens is 1. The van der Waals surface area contributed by atoms with E-state index in [0.717, 1.165) is 11.4 Å². The van der Waals surface area contributed by atoms with Crippen LogP contribution in [0, 0.1) is 6.92 Å². The largest absolute Gasteiger partial charge is 0.243 e. The lowest BCUT2D eigenvalue weighted by molar-refractivity contribution is 0.374. The third kappa shape index (κ3) is 1.91. The summed E-state index contributed by atoms with van der Waals surface area (Å²) in [4.78, 5) is 0. The molecule has 1 heterocycles. The minimum Gasteiger partial charge on any atom is -0.243 e. The van der Waals surface area contributed by atoms with Crippen molar-refractivity contribution in [3.8, 4) is 5.69 Å². The number of alkyl halides is 1. The van der Waals surface area contributed by atoms with Crippen LogP contribution < -0.4 is 0 Å². The Bertz CT molecular complexity index is 443. The summed E-state index contributed by atoms with van der Waals surface area (Å²) in [6.07, 6.45) is 0.832. The summed E-state index contributed by atoms with van der Waals surface area (Å²) in [6.45, 7) is 3.52. The molecule has 1 aromatic carbocycles. The van der Waals surface area contributed by atoms with Gasteiger partial charge in [-0.1, -0.05) is 12.1 Å². The van der Waals surface area contributed by atoms with Crippen LogP contribution in [0.2, 0.25) is 0 Å². The third-order valence-electron chi connectivity index (χ3n) is 2.43. The molecule has 2 nitrogen and oxygen atoms in total. The Labute approximate surface area is 88.4 Å². The highest BCUT2D eigenvalue weighted by Gasteiger charge is 2.04. The second-order valence-corrected chi connectivity index (χ2v) is 3.59. The van der Waals surface area contributed by atoms with Crippen LogP contribution in [0.25, 0.3) is 5.69 Å². The fourth-order valence-electron chi connectivity index (χ4n) is 1.52. The molecule has 2 rings (SSSR count). The second-order valence-electron chi connectivity index (χ2n) is 3.59. The maximum absolute atomic E-state index is 13.0. The van der Waals surface area contributed by atoms with Gasteiger partial charge in [-0.15, -0.1) is 0 Å². The molecular weight excluding hydrogens is 191 g/mol. The van der Waals surface area contributed by atoms with Crippen LogP contribution in [-0.2, 0) is 0 Å². The van der Waals surface area contributed by atoms with E-state index in [4.69, 9.17) is 0 Å². The zero-order chi connectivity index (χ0) is 10.8. The molecule has 1 atom stereocenters. The van der Waals surface area contributed by atoms with Gasteiger partial charge in [0.15, 0.2) is 0 Å². The molecule has 0 aliphatic carbocycles. The molecule has 15 heavy (non-hydrogen) atoms. The van der Waals surface area contributed by atoms with E-state index in [1.54, 1.807) is 18.3 Å². The van der Waals surface area contributed by atoms with E-state index in [2.05, 4.69) is 5.10 Å². The summed E-state index contributed by atoms with van der Waals surface area (Å²) < 4.78 is 14.8. The minimum atomic E-state index is -0.919. The molecule has 78 valence electrons. The van der Waals surface area contributed by atoms with Gasteiger partial charge in [0.05, 0.1) is 5.69 Å². The van der Waals surface area contributed by atoms with Crippen molar-refractivity contribution in [3.63, 3.8) is 0 Å². The minimum absolute atomic E-state index is 0.698. The molecule has 0 fully saturated rings. The van der Waals surface area contributed by atoms with Gasteiger partial charge >= 0.3 is 0 Å². The number of rotatable bonds is 2. The van der Waals surface area contributed by atoms with Crippen LogP contribution in [0.1, 0.15) is 24.4 Å². The fourth-order valence-corrected chi connectivity index (χ4v) is 1.52. The van der Waals surface area contributed by atoms with Gasteiger partial charge < -0.3 is 0 Å². The Hall–Kier alpha value is -1.64. The van der Waals surface area contributed by atoms with Crippen molar-refractivity contribution in [3.05, 3.63) is 47.8 Å². The number of aryl methyl sites for hydroxylation is 1. The highest BCUT2D eigenvalue weighted by molar-refractivity contribution is 5.35. The van der Waals surface area contributed by atoms with E-state index in [9.17, 15) is 4.39 Å². The number of nitrogens with zero attached hydrogens (tertiary/aromatic N) is 2. The van der Waals surface area contributed by atoms with Gasteiger partial charge in [0, 0.05) is 11.9 Å². The van der Waals surface area contributed by atoms with Crippen LogP contribution in [0.15, 0.2) is 36.5 Å². The molecule has 0 radical (unpaired) electrons. The molecule has 2 aromatic rings. The number of benzene rings is 1. The highest BCUT2D eigenvalue weighted by Crippen LogP contribution is 2.18. The van der Waals surface area contributed by atoms with E-state index in [1.165, 1.54) is 6.92 Å². The van der Waals surface area contributed by atoms with Gasteiger partial charge in [-0.05, 0) is 37.6 Å². The van der Waals surface area contributed by atoms with Crippen LogP contribution in [0.5, 0.6) is 0 Å². The number of aromatic nitrogens is 2. The molecule has 1 aromatic heterocycles. The van der Waals surface area contributed by atoms with Gasteiger partial charge in [-0.25, -0.2) is 9.07 Å². The Morgan fingerprint density at radius 1 is 1.20 bits per heavy atom. The predicted octanol–water partition coefficient (Wildman–Crippen LogP) is 3.21. The Morgan fingerprint density at radius 2 is 1.87 bits per heavy atom. The topological polar surface area (TPSA) is 17.8 Å². The summed E-state index contributed by atoms with van der Waals surface area (Å²) in [6, 6.07) is 9.28. The highest BCUT2D eigenvalue weighted by atomic mass is 19.1. The van der Waals surface area contributed by atoms with Crippen molar-refractivity contribution in [2.75, 3.05) is 0 Å². The first kappa shape index (κ1) is 9.90. The predicted molar refractivity (Wildman–Crippen MR) is 57.8 cm³/mol. The van der Waals surface area contributed by atoms with Crippen molar-refractivity contribution < 1.29 is 4.39 Å². The molecule has 0 saturated carbocycles. The van der Waals surface area contributed by atoms with E-state index >= 15 is 0 Å². The van der Waals surface area contributed by atoms with E-state index in [1.807, 2.05) is 29.8 Å². The van der Waals surface area contributed by atoms with Crippen molar-refractivity contribution in [1.82, 2.24) is 9.78 Å². The standard InChI is InChI=1S/C12H13FN2/c1-9-7-8-14-15(9)12-5-3-11(4-6-12)10(2)13/h3-8,10H,1-2H3. The number of hydrogen-bond donors (Lipinski definition) is 0. The Morgan fingerprint density at radius 3 is 2.33 bits per heavy atom. The number of hydrogen-bond acceptors (Lipinski definition) is 1. The van der Waals surface area contributed by atoms with E-state index in [0.29, 0.717) is 5.56 Å². The first-order valence-corrected chi connectivity index (χ1v) is 4.93. The van der Waals surface area contributed by atoms with Gasteiger partial charge in [0.25, 0.3) is 0 Å². The molecule has 1 unspecified atom stereocenters. The van der Waals surface area contributed by atoms with Crippen LogP contribution in [-0.4, -0.2) is 9.78 Å². The second kappa shape index (κ2) is 3.85. The van der Waals surface area contributed by atoms with Crippen molar-refractivity contribution >= 4 is 0 Å². The van der Waals surface area contributed by atoms with E-state index in [-0.39, 0.29) is 0 Å². The van der Waals surface area contributed by atoms with Crippen LogP contribution in [0.3, 0.4) is 0 Å². The summed E-state index contributed by atoms with van der Waals surface area (Å²) in [5.74, 6) is 0. The quantitative estimate of drug-likeness (QED) is 0.734. The van der Waals surface area contributed by atoms with Crippen LogP contribution in [0.4, 0.5) is 4.39 Å². The smallest absolute Gasteiger partial charge is 0.122 e. The molecule has 0 amide bonds. The van der Waals surface area contributed by atoms with Crippen LogP contribution >= 0.6 is 0 Å². The summed E-state index contributed by atoms with van der Waals surface area (Å²) in [5, 5.41) is 4.18. The molecule has 0 aliphatic heterocycles. The molecule has 0 spiro atoms. The zero-order valence-corrected chi connectivity index (χ0v) is 8.81.